The first kappa shape index (κ1) is 17.8. The van der Waals surface area contributed by atoms with E-state index in [2.05, 4.69) is 4.74 Å². The highest BCUT2D eigenvalue weighted by atomic mass is 16.5. The number of rotatable bonds is 9. The molecular formula is C13H19NO6. The highest BCUT2D eigenvalue weighted by Crippen LogP contribution is 1.97. The molecule has 0 aromatic carbocycles. The van der Waals surface area contributed by atoms with Gasteiger partial charge in [-0.3, -0.25) is 14.5 Å². The molecule has 0 aliphatic rings. The maximum Gasteiger partial charge on any atom is 0.331 e. The number of imide groups is 1. The molecule has 20 heavy (non-hydrogen) atoms. The van der Waals surface area contributed by atoms with Crippen LogP contribution >= 0.6 is 0 Å². The summed E-state index contributed by atoms with van der Waals surface area (Å²) < 4.78 is 9.09. The van der Waals surface area contributed by atoms with Crippen LogP contribution in [-0.4, -0.2) is 49.4 Å². The van der Waals surface area contributed by atoms with Crippen molar-refractivity contribution >= 4 is 24.3 Å². The Morgan fingerprint density at radius 2 is 1.80 bits per heavy atom. The van der Waals surface area contributed by atoms with Crippen molar-refractivity contribution in [2.45, 2.75) is 26.2 Å². The zero-order chi connectivity index (χ0) is 15.4. The third-order valence-electron chi connectivity index (χ3n) is 2.26. The summed E-state index contributed by atoms with van der Waals surface area (Å²) in [4.78, 5) is 45.0. The Hall–Kier alpha value is -2.18. The lowest BCUT2D eigenvalue weighted by Crippen LogP contribution is -2.31. The van der Waals surface area contributed by atoms with Crippen molar-refractivity contribution in [3.05, 3.63) is 12.2 Å². The summed E-state index contributed by atoms with van der Waals surface area (Å²) in [5, 5.41) is 0. The van der Waals surface area contributed by atoms with Gasteiger partial charge >= 0.3 is 11.9 Å². The van der Waals surface area contributed by atoms with Crippen molar-refractivity contribution in [3.8, 4) is 0 Å². The van der Waals surface area contributed by atoms with Crippen molar-refractivity contribution in [1.29, 1.82) is 0 Å². The maximum atomic E-state index is 11.4. The molecule has 2 amide bonds. The molecule has 0 saturated heterocycles. The van der Waals surface area contributed by atoms with Gasteiger partial charge in [0, 0.05) is 25.1 Å². The molecule has 0 saturated carbocycles. The minimum atomic E-state index is -0.687. The third kappa shape index (κ3) is 8.02. The Morgan fingerprint density at radius 3 is 2.35 bits per heavy atom. The van der Waals surface area contributed by atoms with Crippen LogP contribution in [-0.2, 0) is 28.7 Å². The molecule has 0 N–H and O–H groups in total. The Balaban J connectivity index is 3.92. The highest BCUT2D eigenvalue weighted by molar-refractivity contribution is 5.91. The molecule has 0 aliphatic heterocycles. The molecule has 0 aromatic heterocycles. The number of esters is 2. The van der Waals surface area contributed by atoms with Crippen LogP contribution in [0.25, 0.3) is 0 Å². The molecular weight excluding hydrogens is 266 g/mol. The van der Waals surface area contributed by atoms with E-state index in [0.717, 1.165) is 17.1 Å². The SMILES string of the molecule is CCCC(=O)N(C=O)CCCOC(=O)/C=C/C(=O)OC. The fraction of sp³-hybridized carbons (Fsp3) is 0.538. The Labute approximate surface area is 117 Å². The molecule has 0 heterocycles. The second kappa shape index (κ2) is 10.7. The molecule has 0 bridgehead atoms. The van der Waals surface area contributed by atoms with Gasteiger partial charge < -0.3 is 9.47 Å². The van der Waals surface area contributed by atoms with Gasteiger partial charge in [0.2, 0.25) is 12.3 Å². The van der Waals surface area contributed by atoms with Gasteiger partial charge in [-0.05, 0) is 12.8 Å². The second-order valence-corrected chi connectivity index (χ2v) is 3.82. The van der Waals surface area contributed by atoms with E-state index in [9.17, 15) is 19.2 Å². The lowest BCUT2D eigenvalue weighted by molar-refractivity contribution is -0.140. The number of methoxy groups -OCH3 is 1. The molecule has 0 rings (SSSR count). The highest BCUT2D eigenvalue weighted by Gasteiger charge is 2.10. The summed E-state index contributed by atoms with van der Waals surface area (Å²) >= 11 is 0. The van der Waals surface area contributed by atoms with Crippen molar-refractivity contribution in [2.75, 3.05) is 20.3 Å². The molecule has 112 valence electrons. The zero-order valence-electron chi connectivity index (χ0n) is 11.7. The van der Waals surface area contributed by atoms with Crippen LogP contribution in [0.1, 0.15) is 26.2 Å². The molecule has 7 nitrogen and oxygen atoms in total. The number of hydrogen-bond acceptors (Lipinski definition) is 6. The molecule has 0 fully saturated rings. The monoisotopic (exact) mass is 285 g/mol. The van der Waals surface area contributed by atoms with Crippen LogP contribution in [0.4, 0.5) is 0 Å². The first-order valence-electron chi connectivity index (χ1n) is 6.22. The Kier molecular flexibility index (Phi) is 9.55. The normalized spacial score (nSPS) is 10.1. The van der Waals surface area contributed by atoms with E-state index in [1.165, 1.54) is 7.11 Å². The van der Waals surface area contributed by atoms with E-state index in [1.54, 1.807) is 0 Å². The molecule has 0 aliphatic carbocycles. The minimum absolute atomic E-state index is 0.0497. The van der Waals surface area contributed by atoms with Gasteiger partial charge in [-0.15, -0.1) is 0 Å². The smallest absolute Gasteiger partial charge is 0.331 e. The van der Waals surface area contributed by atoms with Crippen molar-refractivity contribution in [3.63, 3.8) is 0 Å². The number of hydrogen-bond donors (Lipinski definition) is 0. The van der Waals surface area contributed by atoms with Crippen LogP contribution in [0.15, 0.2) is 12.2 Å². The van der Waals surface area contributed by atoms with E-state index in [0.29, 0.717) is 25.7 Å². The number of ether oxygens (including phenoxy) is 2. The van der Waals surface area contributed by atoms with Gasteiger partial charge in [0.15, 0.2) is 0 Å². The molecule has 0 unspecified atom stereocenters. The quantitative estimate of drug-likeness (QED) is 0.264. The van der Waals surface area contributed by atoms with Gasteiger partial charge in [-0.2, -0.15) is 0 Å². The summed E-state index contributed by atoms with van der Waals surface area (Å²) in [6, 6.07) is 0. The van der Waals surface area contributed by atoms with Gasteiger partial charge in [0.1, 0.15) is 0 Å². The lowest BCUT2D eigenvalue weighted by atomic mass is 10.3. The molecule has 0 spiro atoms. The number of nitrogens with zero attached hydrogens (tertiary/aromatic N) is 1. The summed E-state index contributed by atoms with van der Waals surface area (Å²) in [5.74, 6) is -1.59. The van der Waals surface area contributed by atoms with E-state index in [-0.39, 0.29) is 19.1 Å². The number of carbonyl (C=O) groups excluding carboxylic acids is 4. The third-order valence-corrected chi connectivity index (χ3v) is 2.26. The average Bonchev–Trinajstić information content (AvgIpc) is 2.44. The standard InChI is InChI=1S/C13H19NO6/c1-3-5-11(16)14(10-15)8-4-9-20-13(18)7-6-12(17)19-2/h6-7,10H,3-5,8-9H2,1-2H3/b7-6+. The van der Waals surface area contributed by atoms with Crippen LogP contribution in [0.2, 0.25) is 0 Å². The van der Waals surface area contributed by atoms with E-state index in [4.69, 9.17) is 4.74 Å². The van der Waals surface area contributed by atoms with E-state index < -0.39 is 11.9 Å². The van der Waals surface area contributed by atoms with Crippen molar-refractivity contribution in [2.24, 2.45) is 0 Å². The van der Waals surface area contributed by atoms with Gasteiger partial charge in [-0.1, -0.05) is 6.92 Å². The largest absolute Gasteiger partial charge is 0.466 e. The van der Waals surface area contributed by atoms with Crippen LogP contribution in [0, 0.1) is 0 Å². The zero-order valence-corrected chi connectivity index (χ0v) is 11.7. The molecule has 0 atom stereocenters. The topological polar surface area (TPSA) is 90.0 Å². The van der Waals surface area contributed by atoms with Gasteiger partial charge in [-0.25, -0.2) is 9.59 Å². The summed E-state index contributed by atoms with van der Waals surface area (Å²) in [7, 11) is 1.19. The molecule has 0 aromatic rings. The summed E-state index contributed by atoms with van der Waals surface area (Å²) in [6.07, 6.45) is 3.68. The van der Waals surface area contributed by atoms with Gasteiger partial charge in [0.05, 0.1) is 13.7 Å². The summed E-state index contributed by atoms with van der Waals surface area (Å²) in [6.45, 7) is 2.08. The fourth-order valence-electron chi connectivity index (χ4n) is 1.25. The first-order valence-corrected chi connectivity index (χ1v) is 6.22. The van der Waals surface area contributed by atoms with Crippen LogP contribution in [0.3, 0.4) is 0 Å². The number of carbonyl (C=O) groups is 4. The predicted octanol–water partition coefficient (Wildman–Crippen LogP) is 0.434. The van der Waals surface area contributed by atoms with E-state index >= 15 is 0 Å². The second-order valence-electron chi connectivity index (χ2n) is 3.82. The first-order chi connectivity index (χ1) is 9.54. The van der Waals surface area contributed by atoms with Gasteiger partial charge in [0.25, 0.3) is 0 Å². The fourth-order valence-corrected chi connectivity index (χ4v) is 1.25. The molecule has 0 radical (unpaired) electrons. The van der Waals surface area contributed by atoms with Crippen molar-refractivity contribution < 1.29 is 28.7 Å². The molecule has 7 heteroatoms. The van der Waals surface area contributed by atoms with E-state index in [1.807, 2.05) is 6.92 Å². The predicted molar refractivity (Wildman–Crippen MR) is 69.4 cm³/mol. The minimum Gasteiger partial charge on any atom is -0.466 e. The lowest BCUT2D eigenvalue weighted by Gasteiger charge is -2.14. The Bertz CT molecular complexity index is 377. The summed E-state index contributed by atoms with van der Waals surface area (Å²) in [5.41, 5.74) is 0. The Morgan fingerprint density at radius 1 is 1.15 bits per heavy atom. The van der Waals surface area contributed by atoms with Crippen LogP contribution < -0.4 is 0 Å². The van der Waals surface area contributed by atoms with Crippen molar-refractivity contribution in [1.82, 2.24) is 4.90 Å². The van der Waals surface area contributed by atoms with Crippen LogP contribution in [0.5, 0.6) is 0 Å². The average molecular weight is 285 g/mol. The number of amides is 2. The maximum absolute atomic E-state index is 11.4.